The summed E-state index contributed by atoms with van der Waals surface area (Å²) in [7, 11) is 1.61. The zero-order chi connectivity index (χ0) is 15.1. The number of hydrogen-bond donors (Lipinski definition) is 3. The molecule has 21 heavy (non-hydrogen) atoms. The van der Waals surface area contributed by atoms with Gasteiger partial charge in [-0.15, -0.1) is 0 Å². The first-order valence-corrected chi connectivity index (χ1v) is 7.64. The van der Waals surface area contributed by atoms with Crippen molar-refractivity contribution in [1.82, 2.24) is 10.6 Å². The zero-order valence-corrected chi connectivity index (χ0v) is 13.0. The van der Waals surface area contributed by atoms with E-state index in [4.69, 9.17) is 16.3 Å². The van der Waals surface area contributed by atoms with E-state index >= 15 is 0 Å². The van der Waals surface area contributed by atoms with Crippen LogP contribution in [-0.2, 0) is 4.79 Å². The Morgan fingerprint density at radius 2 is 2.38 bits per heavy atom. The Kier molecular flexibility index (Phi) is 6.14. The molecular weight excluding hydrogens is 290 g/mol. The van der Waals surface area contributed by atoms with Gasteiger partial charge in [-0.1, -0.05) is 11.6 Å². The van der Waals surface area contributed by atoms with E-state index in [0.717, 1.165) is 24.4 Å². The van der Waals surface area contributed by atoms with Crippen LogP contribution in [0.1, 0.15) is 19.3 Å². The third-order valence-electron chi connectivity index (χ3n) is 3.54. The summed E-state index contributed by atoms with van der Waals surface area (Å²) in [6, 6.07) is 5.79. The molecule has 1 saturated heterocycles. The van der Waals surface area contributed by atoms with Gasteiger partial charge in [0.05, 0.1) is 12.8 Å². The molecule has 5 nitrogen and oxygen atoms in total. The third-order valence-corrected chi connectivity index (χ3v) is 3.77. The molecule has 1 aliphatic rings. The maximum absolute atomic E-state index is 11.8. The second-order valence-corrected chi connectivity index (χ2v) is 5.56. The molecule has 6 heteroatoms. The van der Waals surface area contributed by atoms with Gasteiger partial charge in [-0.05, 0) is 37.6 Å². The molecule has 116 valence electrons. The minimum Gasteiger partial charge on any atom is -0.495 e. The molecule has 1 aromatic carbocycles. The van der Waals surface area contributed by atoms with E-state index in [9.17, 15) is 4.79 Å². The van der Waals surface area contributed by atoms with E-state index in [-0.39, 0.29) is 5.91 Å². The lowest BCUT2D eigenvalue weighted by atomic mass is 10.2. The largest absolute Gasteiger partial charge is 0.495 e. The number of carbonyl (C=O) groups is 1. The van der Waals surface area contributed by atoms with Gasteiger partial charge in [-0.25, -0.2) is 0 Å². The van der Waals surface area contributed by atoms with Crippen LogP contribution in [-0.4, -0.2) is 38.7 Å². The molecule has 0 bridgehead atoms. The number of amides is 1. The molecule has 1 atom stereocenters. The minimum atomic E-state index is 0.0530. The average Bonchev–Trinajstić information content (AvgIpc) is 2.99. The summed E-state index contributed by atoms with van der Waals surface area (Å²) in [4.78, 5) is 11.8. The highest BCUT2D eigenvalue weighted by Gasteiger charge is 2.14. The number of ether oxygens (including phenoxy) is 1. The monoisotopic (exact) mass is 311 g/mol. The van der Waals surface area contributed by atoms with Gasteiger partial charge in [-0.2, -0.15) is 0 Å². The average molecular weight is 312 g/mol. The van der Waals surface area contributed by atoms with Gasteiger partial charge in [0, 0.05) is 30.6 Å². The fraction of sp³-hybridized carbons (Fsp3) is 0.533. The lowest BCUT2D eigenvalue weighted by Gasteiger charge is -2.13. The van der Waals surface area contributed by atoms with Crippen molar-refractivity contribution in [2.45, 2.75) is 25.3 Å². The van der Waals surface area contributed by atoms with Crippen molar-refractivity contribution in [2.75, 3.05) is 32.1 Å². The Balaban J connectivity index is 1.70. The number of methoxy groups -OCH3 is 1. The van der Waals surface area contributed by atoms with Crippen molar-refractivity contribution in [2.24, 2.45) is 0 Å². The van der Waals surface area contributed by atoms with Crippen LogP contribution in [0.15, 0.2) is 18.2 Å². The second kappa shape index (κ2) is 8.10. The van der Waals surface area contributed by atoms with Crippen molar-refractivity contribution >= 4 is 23.2 Å². The van der Waals surface area contributed by atoms with Crippen molar-refractivity contribution in [3.8, 4) is 5.75 Å². The SMILES string of the molecule is COc1ccc(Cl)cc1NCCC(=O)NCC1CCCN1. The first-order chi connectivity index (χ1) is 10.2. The molecule has 1 aromatic rings. The Morgan fingerprint density at radius 3 is 3.10 bits per heavy atom. The van der Waals surface area contributed by atoms with Crippen LogP contribution >= 0.6 is 11.6 Å². The number of carbonyl (C=O) groups excluding carboxylic acids is 1. The van der Waals surface area contributed by atoms with E-state index in [1.165, 1.54) is 6.42 Å². The smallest absolute Gasteiger partial charge is 0.221 e. The van der Waals surface area contributed by atoms with Gasteiger partial charge in [-0.3, -0.25) is 4.79 Å². The van der Waals surface area contributed by atoms with Crippen LogP contribution in [0.3, 0.4) is 0 Å². The topological polar surface area (TPSA) is 62.4 Å². The molecule has 0 saturated carbocycles. The summed E-state index contributed by atoms with van der Waals surface area (Å²) >= 11 is 5.96. The number of hydrogen-bond acceptors (Lipinski definition) is 4. The zero-order valence-electron chi connectivity index (χ0n) is 12.2. The number of rotatable bonds is 7. The number of nitrogens with one attached hydrogen (secondary N) is 3. The van der Waals surface area contributed by atoms with E-state index in [1.807, 2.05) is 0 Å². The molecule has 1 aliphatic heterocycles. The van der Waals surface area contributed by atoms with Gasteiger partial charge >= 0.3 is 0 Å². The van der Waals surface area contributed by atoms with Crippen molar-refractivity contribution in [3.05, 3.63) is 23.2 Å². The van der Waals surface area contributed by atoms with E-state index < -0.39 is 0 Å². The summed E-state index contributed by atoms with van der Waals surface area (Å²) in [5.74, 6) is 0.771. The molecule has 1 amide bonds. The van der Waals surface area contributed by atoms with Crippen molar-refractivity contribution in [3.63, 3.8) is 0 Å². The van der Waals surface area contributed by atoms with Crippen LogP contribution in [0.25, 0.3) is 0 Å². The maximum Gasteiger partial charge on any atom is 0.221 e. The van der Waals surface area contributed by atoms with Gasteiger partial charge in [0.1, 0.15) is 5.75 Å². The predicted molar refractivity (Wildman–Crippen MR) is 85.1 cm³/mol. The molecule has 3 N–H and O–H groups in total. The van der Waals surface area contributed by atoms with Crippen LogP contribution in [0, 0.1) is 0 Å². The Labute approximate surface area is 130 Å². The molecule has 1 unspecified atom stereocenters. The van der Waals surface area contributed by atoms with E-state index in [2.05, 4.69) is 16.0 Å². The van der Waals surface area contributed by atoms with Crippen LogP contribution < -0.4 is 20.7 Å². The highest BCUT2D eigenvalue weighted by atomic mass is 35.5. The highest BCUT2D eigenvalue weighted by molar-refractivity contribution is 6.30. The van der Waals surface area contributed by atoms with Crippen LogP contribution in [0.5, 0.6) is 5.75 Å². The van der Waals surface area contributed by atoms with E-state index in [1.54, 1.807) is 25.3 Å². The second-order valence-electron chi connectivity index (χ2n) is 5.12. The standard InChI is InChI=1S/C15H22ClN3O2/c1-21-14-5-4-11(16)9-13(14)18-8-6-15(20)19-10-12-3-2-7-17-12/h4-5,9,12,17-18H,2-3,6-8,10H2,1H3,(H,19,20). The molecule has 0 radical (unpaired) electrons. The summed E-state index contributed by atoms with van der Waals surface area (Å²) in [5.41, 5.74) is 0.801. The lowest BCUT2D eigenvalue weighted by Crippen LogP contribution is -2.37. The molecule has 1 heterocycles. The summed E-state index contributed by atoms with van der Waals surface area (Å²) < 4.78 is 5.24. The third kappa shape index (κ3) is 5.10. The molecule has 0 spiro atoms. The molecule has 0 aromatic heterocycles. The number of anilines is 1. The Morgan fingerprint density at radius 1 is 1.52 bits per heavy atom. The minimum absolute atomic E-state index is 0.0530. The Bertz CT molecular complexity index is 476. The molecule has 2 rings (SSSR count). The maximum atomic E-state index is 11.8. The molecule has 1 fully saturated rings. The quantitative estimate of drug-likeness (QED) is 0.721. The summed E-state index contributed by atoms with van der Waals surface area (Å²) in [6.45, 7) is 2.30. The van der Waals surface area contributed by atoms with Gasteiger partial charge in [0.15, 0.2) is 0 Å². The van der Waals surface area contributed by atoms with E-state index in [0.29, 0.717) is 30.6 Å². The first kappa shape index (κ1) is 15.9. The number of halogens is 1. The van der Waals surface area contributed by atoms with Gasteiger partial charge in [0.2, 0.25) is 5.91 Å². The molecule has 0 aliphatic carbocycles. The highest BCUT2D eigenvalue weighted by Crippen LogP contribution is 2.27. The van der Waals surface area contributed by atoms with Gasteiger partial charge < -0.3 is 20.7 Å². The van der Waals surface area contributed by atoms with Crippen LogP contribution in [0.4, 0.5) is 5.69 Å². The summed E-state index contributed by atoms with van der Waals surface area (Å²) in [5, 5.41) is 10.1. The number of benzene rings is 1. The molecular formula is C15H22ClN3O2. The predicted octanol–water partition coefficient (Wildman–Crippen LogP) is 2.02. The fourth-order valence-corrected chi connectivity index (χ4v) is 2.56. The first-order valence-electron chi connectivity index (χ1n) is 7.26. The van der Waals surface area contributed by atoms with Crippen molar-refractivity contribution < 1.29 is 9.53 Å². The lowest BCUT2D eigenvalue weighted by molar-refractivity contribution is -0.120. The van der Waals surface area contributed by atoms with Gasteiger partial charge in [0.25, 0.3) is 0 Å². The fourth-order valence-electron chi connectivity index (χ4n) is 2.39. The van der Waals surface area contributed by atoms with Crippen LogP contribution in [0.2, 0.25) is 5.02 Å². The van der Waals surface area contributed by atoms with Crippen molar-refractivity contribution in [1.29, 1.82) is 0 Å². The normalized spacial score (nSPS) is 17.5. The summed E-state index contributed by atoms with van der Waals surface area (Å²) in [6.07, 6.45) is 2.75. The Hall–Kier alpha value is -1.46.